The molecule has 0 fully saturated rings. The second-order valence-electron chi connectivity index (χ2n) is 4.97. The number of carbonyl (C=O) groups excluding carboxylic acids is 2. The summed E-state index contributed by atoms with van der Waals surface area (Å²) in [5.74, 6) is -0.150. The van der Waals surface area contributed by atoms with Crippen molar-refractivity contribution < 1.29 is 28.6 Å². The van der Waals surface area contributed by atoms with Crippen molar-refractivity contribution in [1.29, 1.82) is 0 Å². The Kier molecular flexibility index (Phi) is 6.58. The molecule has 0 saturated carbocycles. The molecule has 1 aliphatic heterocycles. The van der Waals surface area contributed by atoms with E-state index in [9.17, 15) is 9.59 Å². The summed E-state index contributed by atoms with van der Waals surface area (Å²) in [5.41, 5.74) is 1.57. The summed E-state index contributed by atoms with van der Waals surface area (Å²) >= 11 is 3.40. The summed E-state index contributed by atoms with van der Waals surface area (Å²) in [5, 5.41) is 3.64. The molecule has 1 aromatic rings. The molecule has 1 aromatic carbocycles. The van der Waals surface area contributed by atoms with E-state index in [0.29, 0.717) is 39.4 Å². The van der Waals surface area contributed by atoms with E-state index in [4.69, 9.17) is 14.2 Å². The summed E-state index contributed by atoms with van der Waals surface area (Å²) in [7, 11) is 0. The quantitative estimate of drug-likeness (QED) is 0.389. The zero-order valence-corrected chi connectivity index (χ0v) is 15.7. The van der Waals surface area contributed by atoms with Crippen LogP contribution < -0.4 is 9.47 Å². The first-order valence-electron chi connectivity index (χ1n) is 7.69. The van der Waals surface area contributed by atoms with Crippen molar-refractivity contribution in [1.82, 2.24) is 0 Å². The van der Waals surface area contributed by atoms with Crippen LogP contribution in [0.3, 0.4) is 0 Å². The Morgan fingerprint density at radius 1 is 1.28 bits per heavy atom. The lowest BCUT2D eigenvalue weighted by atomic mass is 10.1. The molecule has 0 N–H and O–H groups in total. The summed E-state index contributed by atoms with van der Waals surface area (Å²) in [4.78, 5) is 27.8. The highest BCUT2D eigenvalue weighted by Crippen LogP contribution is 2.37. The van der Waals surface area contributed by atoms with Crippen molar-refractivity contribution in [3.63, 3.8) is 0 Å². The third-order valence-corrected chi connectivity index (χ3v) is 3.75. The smallest absolute Gasteiger partial charge is 0.367 e. The Labute approximate surface area is 153 Å². The van der Waals surface area contributed by atoms with Gasteiger partial charge in [-0.15, -0.1) is 0 Å². The number of hydrogen-bond donors (Lipinski definition) is 0. The molecule has 1 heterocycles. The molecule has 0 aromatic heterocycles. The lowest BCUT2D eigenvalue weighted by molar-refractivity contribution is -0.145. The Morgan fingerprint density at radius 2 is 2.04 bits per heavy atom. The second kappa shape index (κ2) is 8.66. The SMILES string of the molecule is CCOC(=O)COc1c(Br)cc(/C=C2\C(=O)ON=C2C)cc1OCC. The molecule has 25 heavy (non-hydrogen) atoms. The fraction of sp³-hybridized carbons (Fsp3) is 0.353. The van der Waals surface area contributed by atoms with Crippen LogP contribution in [0.1, 0.15) is 26.3 Å². The van der Waals surface area contributed by atoms with Gasteiger partial charge in [-0.05, 0) is 60.5 Å². The van der Waals surface area contributed by atoms with E-state index in [0.717, 1.165) is 0 Å². The van der Waals surface area contributed by atoms with E-state index in [-0.39, 0.29) is 13.2 Å². The molecule has 1 aliphatic rings. The van der Waals surface area contributed by atoms with Crippen molar-refractivity contribution in [3.05, 3.63) is 27.7 Å². The third kappa shape index (κ3) is 4.82. The number of nitrogens with zero attached hydrogens (tertiary/aromatic N) is 1. The minimum atomic E-state index is -0.505. The Bertz CT molecular complexity index is 741. The number of rotatable bonds is 7. The first-order valence-corrected chi connectivity index (χ1v) is 8.48. The lowest BCUT2D eigenvalue weighted by Gasteiger charge is -2.14. The topological polar surface area (TPSA) is 83.4 Å². The van der Waals surface area contributed by atoms with Gasteiger partial charge in [0.05, 0.1) is 29.0 Å². The van der Waals surface area contributed by atoms with Gasteiger partial charge in [0, 0.05) is 0 Å². The van der Waals surface area contributed by atoms with E-state index in [1.807, 2.05) is 6.92 Å². The summed E-state index contributed by atoms with van der Waals surface area (Å²) in [6.07, 6.45) is 1.65. The van der Waals surface area contributed by atoms with Crippen LogP contribution in [0.15, 0.2) is 27.3 Å². The van der Waals surface area contributed by atoms with Crippen LogP contribution in [0, 0.1) is 0 Å². The van der Waals surface area contributed by atoms with Gasteiger partial charge in [0.15, 0.2) is 18.1 Å². The lowest BCUT2D eigenvalue weighted by Crippen LogP contribution is -2.15. The molecule has 0 saturated heterocycles. The van der Waals surface area contributed by atoms with Gasteiger partial charge in [-0.2, -0.15) is 0 Å². The minimum absolute atomic E-state index is 0.231. The summed E-state index contributed by atoms with van der Waals surface area (Å²) in [6, 6.07) is 3.45. The van der Waals surface area contributed by atoms with Crippen LogP contribution in [-0.2, 0) is 19.2 Å². The van der Waals surface area contributed by atoms with Gasteiger partial charge in [-0.25, -0.2) is 9.59 Å². The normalized spacial score (nSPS) is 15.0. The second-order valence-corrected chi connectivity index (χ2v) is 5.82. The molecule has 0 bridgehead atoms. The van der Waals surface area contributed by atoms with Crippen LogP contribution in [0.25, 0.3) is 6.08 Å². The van der Waals surface area contributed by atoms with E-state index >= 15 is 0 Å². The first kappa shape index (κ1) is 19.0. The first-order chi connectivity index (χ1) is 12.0. The molecule has 0 atom stereocenters. The van der Waals surface area contributed by atoms with E-state index in [2.05, 4.69) is 25.9 Å². The van der Waals surface area contributed by atoms with Gasteiger partial charge >= 0.3 is 11.9 Å². The van der Waals surface area contributed by atoms with Crippen molar-refractivity contribution in [2.45, 2.75) is 20.8 Å². The van der Waals surface area contributed by atoms with Gasteiger partial charge in [-0.3, -0.25) is 0 Å². The van der Waals surface area contributed by atoms with Crippen molar-refractivity contribution in [3.8, 4) is 11.5 Å². The standard InChI is InChI=1S/C17H18BrNO6/c1-4-22-14-8-11(6-12-10(3)19-25-17(12)21)7-13(18)16(14)24-9-15(20)23-5-2/h6-8H,4-5,9H2,1-3H3/b12-6-. The number of oxime groups is 1. The molecular weight excluding hydrogens is 394 g/mol. The molecule has 8 heteroatoms. The van der Waals surface area contributed by atoms with Crippen LogP contribution in [0.4, 0.5) is 0 Å². The molecule has 0 unspecified atom stereocenters. The highest BCUT2D eigenvalue weighted by Gasteiger charge is 2.22. The van der Waals surface area contributed by atoms with E-state index in [1.165, 1.54) is 0 Å². The third-order valence-electron chi connectivity index (χ3n) is 3.16. The number of esters is 1. The van der Waals surface area contributed by atoms with Gasteiger partial charge in [0.25, 0.3) is 0 Å². The summed E-state index contributed by atoms with van der Waals surface area (Å²) in [6.45, 7) is 5.70. The molecule has 0 amide bonds. The zero-order chi connectivity index (χ0) is 18.4. The molecule has 0 radical (unpaired) electrons. The molecule has 0 aliphatic carbocycles. The van der Waals surface area contributed by atoms with Crippen LogP contribution in [0.5, 0.6) is 11.5 Å². The number of halogens is 1. The zero-order valence-electron chi connectivity index (χ0n) is 14.1. The maximum Gasteiger partial charge on any atom is 0.367 e. The van der Waals surface area contributed by atoms with E-state index < -0.39 is 11.9 Å². The van der Waals surface area contributed by atoms with Crippen LogP contribution in [-0.4, -0.2) is 37.5 Å². The Morgan fingerprint density at radius 3 is 2.64 bits per heavy atom. The highest BCUT2D eigenvalue weighted by molar-refractivity contribution is 9.10. The highest BCUT2D eigenvalue weighted by atomic mass is 79.9. The number of hydrogen-bond acceptors (Lipinski definition) is 7. The van der Waals surface area contributed by atoms with Crippen LogP contribution >= 0.6 is 15.9 Å². The summed E-state index contributed by atoms with van der Waals surface area (Å²) < 4.78 is 16.5. The van der Waals surface area contributed by atoms with E-state index in [1.54, 1.807) is 32.1 Å². The van der Waals surface area contributed by atoms with Gasteiger partial charge in [0.1, 0.15) is 0 Å². The average Bonchev–Trinajstić information content (AvgIpc) is 2.86. The maximum atomic E-state index is 11.7. The number of ether oxygens (including phenoxy) is 3. The monoisotopic (exact) mass is 411 g/mol. The maximum absolute atomic E-state index is 11.7. The molecular formula is C17H18BrNO6. The fourth-order valence-electron chi connectivity index (χ4n) is 2.09. The number of carbonyl (C=O) groups is 2. The largest absolute Gasteiger partial charge is 0.490 e. The van der Waals surface area contributed by atoms with Gasteiger partial charge < -0.3 is 19.0 Å². The minimum Gasteiger partial charge on any atom is -0.490 e. The van der Waals surface area contributed by atoms with Crippen molar-refractivity contribution in [2.24, 2.45) is 5.16 Å². The van der Waals surface area contributed by atoms with Crippen LogP contribution in [0.2, 0.25) is 0 Å². The predicted octanol–water partition coefficient (Wildman–Crippen LogP) is 3.11. The van der Waals surface area contributed by atoms with Crippen molar-refractivity contribution >= 4 is 39.7 Å². The van der Waals surface area contributed by atoms with Gasteiger partial charge in [0.2, 0.25) is 0 Å². The Hall–Kier alpha value is -2.35. The fourth-order valence-corrected chi connectivity index (χ4v) is 2.67. The average molecular weight is 412 g/mol. The number of benzene rings is 1. The Balaban J connectivity index is 2.30. The van der Waals surface area contributed by atoms with Gasteiger partial charge in [-0.1, -0.05) is 5.16 Å². The molecule has 134 valence electrons. The predicted molar refractivity (Wildman–Crippen MR) is 94.6 cm³/mol. The molecule has 7 nitrogen and oxygen atoms in total. The molecule has 0 spiro atoms. The molecule has 2 rings (SSSR count). The van der Waals surface area contributed by atoms with Crippen molar-refractivity contribution in [2.75, 3.05) is 19.8 Å².